The van der Waals surface area contributed by atoms with E-state index in [1.807, 2.05) is 37.3 Å². The maximum atomic E-state index is 13.2. The quantitative estimate of drug-likeness (QED) is 0.419. The van der Waals surface area contributed by atoms with Crippen LogP contribution in [0.15, 0.2) is 72.3 Å². The van der Waals surface area contributed by atoms with Gasteiger partial charge in [0.05, 0.1) is 5.69 Å². The number of nitrogens with one attached hydrogen (secondary N) is 1. The van der Waals surface area contributed by atoms with Gasteiger partial charge in [0.25, 0.3) is 11.8 Å². The largest absolute Gasteiger partial charge is 0.488 e. The zero-order valence-electron chi connectivity index (χ0n) is 18.1. The van der Waals surface area contributed by atoms with Gasteiger partial charge < -0.3 is 4.74 Å². The molecule has 0 spiro atoms. The van der Waals surface area contributed by atoms with Gasteiger partial charge in [0.1, 0.15) is 17.9 Å². The van der Waals surface area contributed by atoms with Gasteiger partial charge in [-0.3, -0.25) is 14.9 Å². The monoisotopic (exact) mass is 460 g/mol. The summed E-state index contributed by atoms with van der Waals surface area (Å²) in [6.07, 6.45) is 1.43. The second-order valence-electron chi connectivity index (χ2n) is 7.66. The molecule has 4 amide bonds. The summed E-state index contributed by atoms with van der Waals surface area (Å²) in [6, 6.07) is 19.1. The number of nitrogens with zero attached hydrogens (tertiary/aromatic N) is 1. The second-order valence-corrected chi connectivity index (χ2v) is 8.06. The standard InChI is InChI=1S/C26H21ClN2O4/c1-16-7-5-8-18(13-16)15-33-23-12-4-3-9-19(23)14-20-24(30)28-26(32)29(25(20)31)22-11-6-10-21(27)17(22)2/h3-14H,15H2,1-2H3,(H,28,30,32)/b20-14+. The molecule has 1 aliphatic heterocycles. The molecule has 0 aromatic heterocycles. The van der Waals surface area contributed by atoms with Crippen LogP contribution in [0.2, 0.25) is 5.02 Å². The molecule has 166 valence electrons. The van der Waals surface area contributed by atoms with Crippen molar-refractivity contribution in [1.29, 1.82) is 0 Å². The maximum absolute atomic E-state index is 13.2. The van der Waals surface area contributed by atoms with Crippen molar-refractivity contribution >= 4 is 41.2 Å². The van der Waals surface area contributed by atoms with Crippen LogP contribution in [0.25, 0.3) is 6.08 Å². The summed E-state index contributed by atoms with van der Waals surface area (Å²) in [6.45, 7) is 4.03. The molecule has 6 nitrogen and oxygen atoms in total. The lowest BCUT2D eigenvalue weighted by Gasteiger charge is -2.27. The summed E-state index contributed by atoms with van der Waals surface area (Å²) in [4.78, 5) is 39.2. The minimum Gasteiger partial charge on any atom is -0.488 e. The fraction of sp³-hybridized carbons (Fsp3) is 0.115. The summed E-state index contributed by atoms with van der Waals surface area (Å²) >= 11 is 6.17. The van der Waals surface area contributed by atoms with Crippen molar-refractivity contribution in [2.24, 2.45) is 0 Å². The van der Waals surface area contributed by atoms with Gasteiger partial charge in [0, 0.05) is 10.6 Å². The van der Waals surface area contributed by atoms with E-state index in [0.717, 1.165) is 16.0 Å². The summed E-state index contributed by atoms with van der Waals surface area (Å²) in [5, 5.41) is 2.64. The van der Waals surface area contributed by atoms with Crippen LogP contribution in [0.1, 0.15) is 22.3 Å². The van der Waals surface area contributed by atoms with Crippen molar-refractivity contribution < 1.29 is 19.1 Å². The highest BCUT2D eigenvalue weighted by atomic mass is 35.5. The minimum absolute atomic E-state index is 0.180. The first-order valence-corrected chi connectivity index (χ1v) is 10.7. The van der Waals surface area contributed by atoms with Crippen molar-refractivity contribution in [3.63, 3.8) is 0 Å². The van der Waals surface area contributed by atoms with Crippen LogP contribution < -0.4 is 15.0 Å². The lowest BCUT2D eigenvalue weighted by Crippen LogP contribution is -2.54. The van der Waals surface area contributed by atoms with Crippen LogP contribution in [-0.4, -0.2) is 17.8 Å². The molecule has 4 rings (SSSR count). The molecular formula is C26H21ClN2O4. The fourth-order valence-electron chi connectivity index (χ4n) is 3.56. The number of urea groups is 1. The van der Waals surface area contributed by atoms with E-state index in [-0.39, 0.29) is 5.57 Å². The smallest absolute Gasteiger partial charge is 0.335 e. The summed E-state index contributed by atoms with van der Waals surface area (Å²) < 4.78 is 5.97. The highest BCUT2D eigenvalue weighted by Gasteiger charge is 2.37. The summed E-state index contributed by atoms with van der Waals surface area (Å²) in [7, 11) is 0. The number of anilines is 1. The Hall–Kier alpha value is -3.90. The number of carbonyl (C=O) groups is 3. The number of aryl methyl sites for hydroxylation is 1. The van der Waals surface area contributed by atoms with Crippen molar-refractivity contribution in [1.82, 2.24) is 5.32 Å². The Morgan fingerprint density at radius 2 is 1.73 bits per heavy atom. The molecule has 33 heavy (non-hydrogen) atoms. The number of para-hydroxylation sites is 1. The third kappa shape index (κ3) is 4.66. The van der Waals surface area contributed by atoms with E-state index >= 15 is 0 Å². The highest BCUT2D eigenvalue weighted by Crippen LogP contribution is 2.30. The van der Waals surface area contributed by atoms with Crippen LogP contribution >= 0.6 is 11.6 Å². The number of ether oxygens (including phenoxy) is 1. The van der Waals surface area contributed by atoms with Crippen molar-refractivity contribution in [3.8, 4) is 5.75 Å². The zero-order valence-corrected chi connectivity index (χ0v) is 18.8. The number of hydrogen-bond donors (Lipinski definition) is 1. The topological polar surface area (TPSA) is 75.7 Å². The predicted octanol–water partition coefficient (Wildman–Crippen LogP) is 5.20. The zero-order chi connectivity index (χ0) is 23.5. The molecule has 0 bridgehead atoms. The Kier molecular flexibility index (Phi) is 6.29. The normalized spacial score (nSPS) is 15.1. The molecule has 0 saturated carbocycles. The molecule has 0 atom stereocenters. The van der Waals surface area contributed by atoms with Gasteiger partial charge in [-0.25, -0.2) is 9.69 Å². The second kappa shape index (κ2) is 9.30. The van der Waals surface area contributed by atoms with Crippen LogP contribution in [0.3, 0.4) is 0 Å². The average Bonchev–Trinajstić information content (AvgIpc) is 2.78. The summed E-state index contributed by atoms with van der Waals surface area (Å²) in [5.41, 5.74) is 3.35. The predicted molar refractivity (Wildman–Crippen MR) is 127 cm³/mol. The molecule has 1 N–H and O–H groups in total. The van der Waals surface area contributed by atoms with Crippen molar-refractivity contribution in [2.45, 2.75) is 20.5 Å². The molecule has 1 fully saturated rings. The minimum atomic E-state index is -0.823. The van der Waals surface area contributed by atoms with E-state index < -0.39 is 17.8 Å². The highest BCUT2D eigenvalue weighted by molar-refractivity contribution is 6.40. The molecule has 3 aromatic rings. The molecule has 7 heteroatoms. The lowest BCUT2D eigenvalue weighted by molar-refractivity contribution is -0.122. The van der Waals surface area contributed by atoms with Crippen molar-refractivity contribution in [2.75, 3.05) is 4.90 Å². The molecule has 1 heterocycles. The van der Waals surface area contributed by atoms with E-state index in [9.17, 15) is 14.4 Å². The first-order valence-electron chi connectivity index (χ1n) is 10.3. The van der Waals surface area contributed by atoms with Gasteiger partial charge in [0.15, 0.2) is 0 Å². The molecule has 0 aliphatic carbocycles. The number of benzene rings is 3. The molecule has 1 aliphatic rings. The number of halogens is 1. The molecule has 3 aromatic carbocycles. The number of barbiturate groups is 1. The molecular weight excluding hydrogens is 440 g/mol. The molecule has 1 saturated heterocycles. The van der Waals surface area contributed by atoms with Crippen LogP contribution in [-0.2, 0) is 16.2 Å². The maximum Gasteiger partial charge on any atom is 0.335 e. The van der Waals surface area contributed by atoms with E-state index in [1.165, 1.54) is 6.08 Å². The Labute approximate surface area is 196 Å². The number of hydrogen-bond acceptors (Lipinski definition) is 4. The number of amides is 4. The third-order valence-corrected chi connectivity index (χ3v) is 5.69. The van der Waals surface area contributed by atoms with Gasteiger partial charge in [-0.05, 0) is 49.2 Å². The first kappa shape index (κ1) is 22.3. The fourth-order valence-corrected chi connectivity index (χ4v) is 3.73. The van der Waals surface area contributed by atoms with Crippen LogP contribution in [0.4, 0.5) is 10.5 Å². The Morgan fingerprint density at radius 1 is 0.970 bits per heavy atom. The van der Waals surface area contributed by atoms with Gasteiger partial charge in [-0.15, -0.1) is 0 Å². The van der Waals surface area contributed by atoms with Gasteiger partial charge in [0.2, 0.25) is 0 Å². The first-order chi connectivity index (χ1) is 15.8. The van der Waals surface area contributed by atoms with E-state index in [2.05, 4.69) is 5.32 Å². The lowest BCUT2D eigenvalue weighted by atomic mass is 10.0. The van der Waals surface area contributed by atoms with E-state index in [0.29, 0.717) is 34.2 Å². The number of imide groups is 2. The Bertz CT molecular complexity index is 1300. The van der Waals surface area contributed by atoms with Crippen LogP contribution in [0.5, 0.6) is 5.75 Å². The van der Waals surface area contributed by atoms with E-state index in [1.54, 1.807) is 43.3 Å². The SMILES string of the molecule is Cc1cccc(COc2ccccc2/C=C2\C(=O)NC(=O)N(c3cccc(Cl)c3C)C2=O)c1. The van der Waals surface area contributed by atoms with Crippen molar-refractivity contribution in [3.05, 3.63) is 99.6 Å². The van der Waals surface area contributed by atoms with Gasteiger partial charge in [-0.2, -0.15) is 0 Å². The van der Waals surface area contributed by atoms with Gasteiger partial charge in [-0.1, -0.05) is 65.7 Å². The molecule has 0 radical (unpaired) electrons. The van der Waals surface area contributed by atoms with Crippen LogP contribution in [0, 0.1) is 13.8 Å². The Balaban J connectivity index is 1.67. The number of carbonyl (C=O) groups excluding carboxylic acids is 3. The summed E-state index contributed by atoms with van der Waals surface area (Å²) in [5.74, 6) is -0.994. The third-order valence-electron chi connectivity index (χ3n) is 5.28. The molecule has 0 unspecified atom stereocenters. The van der Waals surface area contributed by atoms with E-state index in [4.69, 9.17) is 16.3 Å². The average molecular weight is 461 g/mol. The Morgan fingerprint density at radius 3 is 2.52 bits per heavy atom. The number of rotatable bonds is 5. The van der Waals surface area contributed by atoms with Gasteiger partial charge >= 0.3 is 6.03 Å².